The predicted octanol–water partition coefficient (Wildman–Crippen LogP) is 0.788. The Hall–Kier alpha value is -0.160. The monoisotopic (exact) mass is 219 g/mol. The number of rotatable bonds is 9. The average molecular weight is 219 g/mol. The van der Waals surface area contributed by atoms with Crippen LogP contribution >= 0.6 is 0 Å². The van der Waals surface area contributed by atoms with Crippen molar-refractivity contribution in [3.63, 3.8) is 0 Å². The molecule has 0 fully saturated rings. The van der Waals surface area contributed by atoms with E-state index in [1.165, 1.54) is 0 Å². The van der Waals surface area contributed by atoms with Crippen LogP contribution in [0.15, 0.2) is 0 Å². The van der Waals surface area contributed by atoms with Crippen LogP contribution in [0.5, 0.6) is 0 Å². The maximum atomic E-state index is 9.36. The fourth-order valence-corrected chi connectivity index (χ4v) is 1.16. The van der Waals surface area contributed by atoms with Gasteiger partial charge in [-0.25, -0.2) is 0 Å². The Kier molecular flexibility index (Phi) is 7.96. The number of aliphatic hydroxyl groups excluding tert-OH is 1. The first kappa shape index (κ1) is 14.8. The van der Waals surface area contributed by atoms with Crippen molar-refractivity contribution in [2.24, 2.45) is 0 Å². The van der Waals surface area contributed by atoms with E-state index in [1.54, 1.807) is 14.2 Å². The molecule has 0 bridgehead atoms. The van der Waals surface area contributed by atoms with Gasteiger partial charge < -0.3 is 19.9 Å². The van der Waals surface area contributed by atoms with Crippen LogP contribution in [-0.2, 0) is 9.47 Å². The Morgan fingerprint density at radius 3 is 2.47 bits per heavy atom. The van der Waals surface area contributed by atoms with Crippen molar-refractivity contribution in [3.8, 4) is 0 Å². The van der Waals surface area contributed by atoms with Crippen molar-refractivity contribution >= 4 is 0 Å². The summed E-state index contributed by atoms with van der Waals surface area (Å²) in [6.45, 7) is 6.25. The Bertz CT molecular complexity index is 151. The summed E-state index contributed by atoms with van der Waals surface area (Å²) in [5.41, 5.74) is -0.0713. The first-order valence-corrected chi connectivity index (χ1v) is 5.44. The van der Waals surface area contributed by atoms with Crippen LogP contribution in [-0.4, -0.2) is 50.7 Å². The molecule has 0 aliphatic heterocycles. The van der Waals surface area contributed by atoms with Crippen molar-refractivity contribution in [2.75, 3.05) is 33.9 Å². The first-order valence-electron chi connectivity index (χ1n) is 5.44. The van der Waals surface area contributed by atoms with Gasteiger partial charge in [0.2, 0.25) is 0 Å². The van der Waals surface area contributed by atoms with Gasteiger partial charge in [-0.05, 0) is 39.8 Å². The SMILES string of the molecule is COCC(O)CCNCCC(C)(C)OC. The summed E-state index contributed by atoms with van der Waals surface area (Å²) in [5, 5.41) is 12.6. The standard InChI is InChI=1S/C11H25NO3/c1-11(2,15-4)6-8-12-7-5-10(13)9-14-3/h10,12-13H,5-9H2,1-4H3. The number of aliphatic hydroxyl groups is 1. The van der Waals surface area contributed by atoms with Crippen LogP contribution < -0.4 is 5.32 Å². The molecule has 15 heavy (non-hydrogen) atoms. The molecule has 0 radical (unpaired) electrons. The van der Waals surface area contributed by atoms with Crippen molar-refractivity contribution in [2.45, 2.75) is 38.4 Å². The van der Waals surface area contributed by atoms with Crippen LogP contribution in [0.1, 0.15) is 26.7 Å². The third kappa shape index (κ3) is 8.81. The zero-order valence-corrected chi connectivity index (χ0v) is 10.4. The van der Waals surface area contributed by atoms with E-state index in [0.29, 0.717) is 6.61 Å². The lowest BCUT2D eigenvalue weighted by atomic mass is 10.1. The minimum absolute atomic E-state index is 0.0713. The van der Waals surface area contributed by atoms with E-state index in [2.05, 4.69) is 19.2 Å². The van der Waals surface area contributed by atoms with Crippen molar-refractivity contribution in [1.82, 2.24) is 5.32 Å². The third-order valence-electron chi connectivity index (χ3n) is 2.47. The Morgan fingerprint density at radius 2 is 1.93 bits per heavy atom. The molecular formula is C11H25NO3. The highest BCUT2D eigenvalue weighted by molar-refractivity contribution is 4.69. The minimum atomic E-state index is -0.363. The summed E-state index contributed by atoms with van der Waals surface area (Å²) in [6, 6.07) is 0. The highest BCUT2D eigenvalue weighted by Crippen LogP contribution is 2.11. The van der Waals surface area contributed by atoms with Crippen LogP contribution in [0.25, 0.3) is 0 Å². The Morgan fingerprint density at radius 1 is 1.27 bits per heavy atom. The summed E-state index contributed by atoms with van der Waals surface area (Å²) in [6.07, 6.45) is 1.32. The minimum Gasteiger partial charge on any atom is -0.391 e. The second-order valence-electron chi connectivity index (χ2n) is 4.36. The van der Waals surface area contributed by atoms with Crippen molar-refractivity contribution in [1.29, 1.82) is 0 Å². The molecule has 0 rings (SSSR count). The lowest BCUT2D eigenvalue weighted by Gasteiger charge is -2.22. The van der Waals surface area contributed by atoms with Gasteiger partial charge in [-0.3, -0.25) is 0 Å². The van der Waals surface area contributed by atoms with E-state index < -0.39 is 0 Å². The van der Waals surface area contributed by atoms with Gasteiger partial charge >= 0.3 is 0 Å². The van der Waals surface area contributed by atoms with Gasteiger partial charge in [-0.15, -0.1) is 0 Å². The fraction of sp³-hybridized carbons (Fsp3) is 1.00. The fourth-order valence-electron chi connectivity index (χ4n) is 1.16. The molecule has 4 heteroatoms. The lowest BCUT2D eigenvalue weighted by molar-refractivity contribution is 0.0154. The molecule has 0 amide bonds. The smallest absolute Gasteiger partial charge is 0.0785 e. The van der Waals surface area contributed by atoms with E-state index in [9.17, 15) is 5.11 Å². The van der Waals surface area contributed by atoms with Crippen LogP contribution in [0, 0.1) is 0 Å². The molecule has 0 saturated carbocycles. The molecule has 0 aromatic carbocycles. The van der Waals surface area contributed by atoms with Gasteiger partial charge in [-0.1, -0.05) is 0 Å². The molecule has 0 aromatic rings. The Balaban J connectivity index is 3.32. The molecule has 4 nitrogen and oxygen atoms in total. The summed E-state index contributed by atoms with van der Waals surface area (Å²) >= 11 is 0. The van der Waals surface area contributed by atoms with Gasteiger partial charge in [0.05, 0.1) is 18.3 Å². The Labute approximate surface area is 93.0 Å². The van der Waals surface area contributed by atoms with Crippen molar-refractivity contribution < 1.29 is 14.6 Å². The lowest BCUT2D eigenvalue weighted by Crippen LogP contribution is -2.30. The number of hydrogen-bond donors (Lipinski definition) is 2. The predicted molar refractivity (Wildman–Crippen MR) is 61.1 cm³/mol. The average Bonchev–Trinajstić information content (AvgIpc) is 2.17. The highest BCUT2D eigenvalue weighted by atomic mass is 16.5. The zero-order valence-electron chi connectivity index (χ0n) is 10.4. The summed E-state index contributed by atoms with van der Waals surface area (Å²) in [5.74, 6) is 0. The number of hydrogen-bond acceptors (Lipinski definition) is 4. The third-order valence-corrected chi connectivity index (χ3v) is 2.47. The summed E-state index contributed by atoms with van der Waals surface area (Å²) in [7, 11) is 3.32. The van der Waals surface area contributed by atoms with E-state index in [1.807, 2.05) is 0 Å². The molecule has 0 heterocycles. The van der Waals surface area contributed by atoms with Crippen molar-refractivity contribution in [3.05, 3.63) is 0 Å². The van der Waals surface area contributed by atoms with E-state index in [0.717, 1.165) is 25.9 Å². The summed E-state index contributed by atoms with van der Waals surface area (Å²) in [4.78, 5) is 0. The second kappa shape index (κ2) is 8.05. The molecule has 0 aromatic heterocycles. The largest absolute Gasteiger partial charge is 0.391 e. The molecule has 92 valence electrons. The molecular weight excluding hydrogens is 194 g/mol. The van der Waals surface area contributed by atoms with Gasteiger partial charge in [-0.2, -0.15) is 0 Å². The van der Waals surface area contributed by atoms with E-state index in [-0.39, 0.29) is 11.7 Å². The molecule has 1 atom stereocenters. The van der Waals surface area contributed by atoms with Gasteiger partial charge in [0.15, 0.2) is 0 Å². The van der Waals surface area contributed by atoms with Gasteiger partial charge in [0, 0.05) is 14.2 Å². The number of nitrogens with one attached hydrogen (secondary N) is 1. The number of methoxy groups -OCH3 is 2. The molecule has 0 spiro atoms. The summed E-state index contributed by atoms with van der Waals surface area (Å²) < 4.78 is 10.1. The van der Waals surface area contributed by atoms with Crippen LogP contribution in [0.2, 0.25) is 0 Å². The molecule has 1 unspecified atom stereocenters. The van der Waals surface area contributed by atoms with Crippen LogP contribution in [0.3, 0.4) is 0 Å². The van der Waals surface area contributed by atoms with Gasteiger partial charge in [0.1, 0.15) is 0 Å². The zero-order chi connectivity index (χ0) is 11.7. The van der Waals surface area contributed by atoms with Crippen LogP contribution in [0.4, 0.5) is 0 Å². The quantitative estimate of drug-likeness (QED) is 0.563. The molecule has 0 aliphatic carbocycles. The normalized spacial score (nSPS) is 14.2. The molecule has 0 aliphatic rings. The highest BCUT2D eigenvalue weighted by Gasteiger charge is 2.14. The topological polar surface area (TPSA) is 50.7 Å². The maximum absolute atomic E-state index is 9.36. The first-order chi connectivity index (χ1) is 7.02. The molecule has 0 saturated heterocycles. The number of ether oxygens (including phenoxy) is 2. The van der Waals surface area contributed by atoms with Gasteiger partial charge in [0.25, 0.3) is 0 Å². The molecule has 2 N–H and O–H groups in total. The second-order valence-corrected chi connectivity index (χ2v) is 4.36. The van der Waals surface area contributed by atoms with E-state index >= 15 is 0 Å². The maximum Gasteiger partial charge on any atom is 0.0785 e. The van der Waals surface area contributed by atoms with E-state index in [4.69, 9.17) is 9.47 Å².